The van der Waals surface area contributed by atoms with E-state index in [2.05, 4.69) is 29.2 Å². The number of aliphatic imine (C=N–C) groups is 1. The van der Waals surface area contributed by atoms with Crippen molar-refractivity contribution in [1.82, 2.24) is 4.90 Å². The summed E-state index contributed by atoms with van der Waals surface area (Å²) in [5.41, 5.74) is 9.70. The molecule has 0 unspecified atom stereocenters. The largest absolute Gasteiger partial charge is 0.462 e. The second-order valence-corrected chi connectivity index (χ2v) is 7.88. The van der Waals surface area contributed by atoms with Crippen molar-refractivity contribution < 1.29 is 9.13 Å². The van der Waals surface area contributed by atoms with E-state index in [-0.39, 0.29) is 23.4 Å². The van der Waals surface area contributed by atoms with Crippen LogP contribution in [0, 0.1) is 5.82 Å². The van der Waals surface area contributed by atoms with Gasteiger partial charge < -0.3 is 15.4 Å². The fourth-order valence-corrected chi connectivity index (χ4v) is 4.77. The number of amidine groups is 1. The van der Waals surface area contributed by atoms with E-state index in [4.69, 9.17) is 15.5 Å². The number of nitrogens with zero attached hydrogens (tertiary/aromatic N) is 2. The van der Waals surface area contributed by atoms with Crippen molar-refractivity contribution in [2.75, 3.05) is 13.2 Å². The highest BCUT2D eigenvalue weighted by Crippen LogP contribution is 2.40. The zero-order valence-electron chi connectivity index (χ0n) is 15.3. The van der Waals surface area contributed by atoms with E-state index in [0.29, 0.717) is 12.6 Å². The molecule has 5 rings (SSSR count). The zero-order chi connectivity index (χ0) is 18.4. The summed E-state index contributed by atoms with van der Waals surface area (Å²) < 4.78 is 19.6. The van der Waals surface area contributed by atoms with Gasteiger partial charge in [0.15, 0.2) is 0 Å². The predicted molar refractivity (Wildman–Crippen MR) is 103 cm³/mol. The molecule has 2 aliphatic heterocycles. The number of hydrogen-bond donors (Lipinski definition) is 1. The maximum Gasteiger partial charge on any atom is 0.288 e. The summed E-state index contributed by atoms with van der Waals surface area (Å²) in [6, 6.07) is 16.0. The molecular formula is C22H24FN3O. The van der Waals surface area contributed by atoms with Crippen molar-refractivity contribution in [2.24, 2.45) is 10.7 Å². The van der Waals surface area contributed by atoms with Crippen LogP contribution in [0.15, 0.2) is 53.5 Å². The summed E-state index contributed by atoms with van der Waals surface area (Å²) in [6.07, 6.45) is 4.04. The Hall–Kier alpha value is -2.40. The number of nitrogens with two attached hydrogens (primary N) is 1. The summed E-state index contributed by atoms with van der Waals surface area (Å²) >= 11 is 0. The molecule has 3 atom stereocenters. The molecule has 0 amide bonds. The summed E-state index contributed by atoms with van der Waals surface area (Å²) in [5.74, 6) is -0.222. The molecule has 140 valence electrons. The lowest BCUT2D eigenvalue weighted by molar-refractivity contribution is 0.197. The van der Waals surface area contributed by atoms with Crippen LogP contribution >= 0.6 is 0 Å². The molecule has 2 aromatic carbocycles. The molecule has 1 aliphatic carbocycles. The van der Waals surface area contributed by atoms with E-state index in [1.807, 2.05) is 12.1 Å². The fourth-order valence-electron chi connectivity index (χ4n) is 4.77. The Morgan fingerprint density at radius 2 is 1.96 bits per heavy atom. The number of hydrogen-bond acceptors (Lipinski definition) is 4. The molecule has 27 heavy (non-hydrogen) atoms. The van der Waals surface area contributed by atoms with Crippen LogP contribution in [0.5, 0.6) is 0 Å². The van der Waals surface area contributed by atoms with Gasteiger partial charge >= 0.3 is 0 Å². The second-order valence-electron chi connectivity index (χ2n) is 7.88. The summed E-state index contributed by atoms with van der Waals surface area (Å²) in [6.45, 7) is 1.39. The number of ether oxygens (including phenoxy) is 1. The summed E-state index contributed by atoms with van der Waals surface area (Å²) in [5, 5.41) is 0. The van der Waals surface area contributed by atoms with E-state index in [0.717, 1.165) is 37.8 Å². The van der Waals surface area contributed by atoms with E-state index in [1.165, 1.54) is 23.3 Å². The van der Waals surface area contributed by atoms with Gasteiger partial charge in [-0.1, -0.05) is 36.4 Å². The smallest absolute Gasteiger partial charge is 0.288 e. The number of benzene rings is 2. The highest BCUT2D eigenvalue weighted by molar-refractivity contribution is 5.78. The first-order valence-corrected chi connectivity index (χ1v) is 9.74. The van der Waals surface area contributed by atoms with Crippen LogP contribution < -0.4 is 5.73 Å². The van der Waals surface area contributed by atoms with Gasteiger partial charge in [-0.25, -0.2) is 9.38 Å². The van der Waals surface area contributed by atoms with Crippen molar-refractivity contribution >= 4 is 6.02 Å². The van der Waals surface area contributed by atoms with Crippen molar-refractivity contribution in [3.05, 3.63) is 71.0 Å². The molecule has 1 spiro atoms. The molecule has 0 radical (unpaired) electrons. The van der Waals surface area contributed by atoms with Crippen LogP contribution in [0.3, 0.4) is 0 Å². The molecule has 1 fully saturated rings. The minimum atomic E-state index is -0.264. The monoisotopic (exact) mass is 365 g/mol. The van der Waals surface area contributed by atoms with Gasteiger partial charge in [-0.15, -0.1) is 0 Å². The quantitative estimate of drug-likeness (QED) is 0.843. The molecule has 5 heteroatoms. The molecule has 4 nitrogen and oxygen atoms in total. The number of rotatable bonds is 1. The molecule has 0 bridgehead atoms. The maximum absolute atomic E-state index is 13.5. The number of halogens is 1. The van der Waals surface area contributed by atoms with Crippen LogP contribution in [-0.2, 0) is 11.2 Å². The third-order valence-corrected chi connectivity index (χ3v) is 6.30. The zero-order valence-corrected chi connectivity index (χ0v) is 15.3. The molecule has 0 aromatic heterocycles. The predicted octanol–water partition coefficient (Wildman–Crippen LogP) is 3.41. The average Bonchev–Trinajstić information content (AvgIpc) is 3.28. The van der Waals surface area contributed by atoms with E-state index in [1.54, 1.807) is 0 Å². The first-order valence-electron chi connectivity index (χ1n) is 9.74. The van der Waals surface area contributed by atoms with Gasteiger partial charge in [0.25, 0.3) is 6.02 Å². The Labute approximate surface area is 158 Å². The van der Waals surface area contributed by atoms with E-state index >= 15 is 0 Å². The molecule has 3 aliphatic rings. The lowest BCUT2D eigenvalue weighted by atomic mass is 9.88. The Bertz CT molecular complexity index is 881. The van der Waals surface area contributed by atoms with Crippen LogP contribution in [-0.4, -0.2) is 35.7 Å². The lowest BCUT2D eigenvalue weighted by Crippen LogP contribution is -2.43. The van der Waals surface area contributed by atoms with Gasteiger partial charge in [0, 0.05) is 12.6 Å². The fraction of sp³-hybridized carbons (Fsp3) is 0.409. The van der Waals surface area contributed by atoms with Gasteiger partial charge in [0.2, 0.25) is 0 Å². The van der Waals surface area contributed by atoms with E-state index < -0.39 is 0 Å². The van der Waals surface area contributed by atoms with Crippen LogP contribution in [0.25, 0.3) is 0 Å². The second kappa shape index (κ2) is 6.34. The minimum Gasteiger partial charge on any atom is -0.462 e. The molecule has 2 aromatic rings. The highest BCUT2D eigenvalue weighted by Gasteiger charge is 2.47. The molecule has 2 heterocycles. The van der Waals surface area contributed by atoms with Crippen LogP contribution in [0.4, 0.5) is 4.39 Å². The van der Waals surface area contributed by atoms with Crippen LogP contribution in [0.1, 0.15) is 42.0 Å². The Balaban J connectivity index is 1.57. The van der Waals surface area contributed by atoms with Gasteiger partial charge in [0.1, 0.15) is 18.0 Å². The van der Waals surface area contributed by atoms with Crippen molar-refractivity contribution in [1.29, 1.82) is 0 Å². The first kappa shape index (κ1) is 16.8. The van der Waals surface area contributed by atoms with Crippen molar-refractivity contribution in [3.63, 3.8) is 0 Å². The maximum atomic E-state index is 13.5. The SMILES string of the molecule is N[C@@H]1CCC[C@]12COC(N1CCc3ccccc3[C@@H]1c1ccc(F)cc1)=N2. The number of fused-ring (bicyclic) bond motifs is 1. The van der Waals surface area contributed by atoms with Gasteiger partial charge in [-0.3, -0.25) is 0 Å². The first-order chi connectivity index (χ1) is 13.2. The summed E-state index contributed by atoms with van der Waals surface area (Å²) in [7, 11) is 0. The van der Waals surface area contributed by atoms with Crippen LogP contribution in [0.2, 0.25) is 0 Å². The molecule has 1 saturated carbocycles. The average molecular weight is 365 g/mol. The molecule has 2 N–H and O–H groups in total. The van der Waals surface area contributed by atoms with Gasteiger partial charge in [-0.05, 0) is 54.5 Å². The van der Waals surface area contributed by atoms with Gasteiger partial charge in [0.05, 0.1) is 6.04 Å². The summed E-state index contributed by atoms with van der Waals surface area (Å²) in [4.78, 5) is 7.24. The standard InChI is InChI=1S/C22H24FN3O/c23-17-9-7-16(8-10-17)20-18-5-2-1-4-15(18)11-13-26(20)21-25-22(14-27-21)12-3-6-19(22)24/h1-2,4-5,7-10,19-20H,3,6,11-14,24H2/t19-,20+,22+/m1/s1. The van der Waals surface area contributed by atoms with Crippen molar-refractivity contribution in [3.8, 4) is 0 Å². The molecular weight excluding hydrogens is 341 g/mol. The van der Waals surface area contributed by atoms with Gasteiger partial charge in [-0.2, -0.15) is 0 Å². The lowest BCUT2D eigenvalue weighted by Gasteiger charge is -2.38. The third-order valence-electron chi connectivity index (χ3n) is 6.30. The minimum absolute atomic E-state index is 0.0259. The normalized spacial score (nSPS) is 29.6. The topological polar surface area (TPSA) is 50.9 Å². The Kier molecular flexibility index (Phi) is 3.93. The molecule has 0 saturated heterocycles. The highest BCUT2D eigenvalue weighted by atomic mass is 19.1. The Morgan fingerprint density at radius 3 is 2.74 bits per heavy atom. The Morgan fingerprint density at radius 1 is 1.15 bits per heavy atom. The third kappa shape index (κ3) is 2.72. The van der Waals surface area contributed by atoms with E-state index in [9.17, 15) is 4.39 Å². The van der Waals surface area contributed by atoms with Crippen molar-refractivity contribution in [2.45, 2.75) is 43.3 Å².